The van der Waals surface area contributed by atoms with Crippen LogP contribution >= 0.6 is 24.0 Å². The number of benzene rings is 2. The molecule has 29 heavy (non-hydrogen) atoms. The number of nitrogens with zero attached hydrogens (tertiary/aromatic N) is 1. The van der Waals surface area contributed by atoms with Crippen LogP contribution in [0, 0.1) is 5.92 Å². The van der Waals surface area contributed by atoms with Gasteiger partial charge in [-0.05, 0) is 68.4 Å². The summed E-state index contributed by atoms with van der Waals surface area (Å²) < 4.78 is 5.15. The third-order valence-electron chi connectivity index (χ3n) is 5.13. The second-order valence-electron chi connectivity index (χ2n) is 6.97. The number of likely N-dealkylation sites (tertiary alicyclic amines) is 1. The maximum absolute atomic E-state index is 12.6. The molecule has 1 aliphatic heterocycles. The number of hydrogen-bond donors (Lipinski definition) is 1. The lowest BCUT2D eigenvalue weighted by Crippen LogP contribution is -2.41. The molecule has 0 unspecified atom stereocenters. The molecule has 7 heteroatoms. The lowest BCUT2D eigenvalue weighted by atomic mass is 9.89. The van der Waals surface area contributed by atoms with E-state index in [1.807, 2.05) is 6.07 Å². The number of nitrogens with one attached hydrogen (secondary N) is 1. The Kier molecular flexibility index (Phi) is 8.96. The van der Waals surface area contributed by atoms with E-state index in [0.717, 1.165) is 38.0 Å². The third-order valence-corrected chi connectivity index (χ3v) is 5.38. The number of piperidine rings is 1. The lowest BCUT2D eigenvalue weighted by molar-refractivity contribution is 0.0839. The second-order valence-corrected chi connectivity index (χ2v) is 7.41. The number of hydrogen-bond acceptors (Lipinski definition) is 4. The molecule has 1 fully saturated rings. The van der Waals surface area contributed by atoms with E-state index < -0.39 is 0 Å². The number of rotatable bonds is 7. The van der Waals surface area contributed by atoms with Crippen molar-refractivity contribution in [3.8, 4) is 5.75 Å². The summed E-state index contributed by atoms with van der Waals surface area (Å²) in [5.74, 6) is 0.818. The number of methoxy groups -OCH3 is 1. The zero-order valence-corrected chi connectivity index (χ0v) is 18.0. The van der Waals surface area contributed by atoms with Crippen LogP contribution in [0.5, 0.6) is 5.75 Å². The van der Waals surface area contributed by atoms with E-state index in [9.17, 15) is 9.59 Å². The molecule has 2 aromatic rings. The molecular formula is C22H26Cl2N2O3. The van der Waals surface area contributed by atoms with Crippen LogP contribution in [0.15, 0.2) is 48.5 Å². The van der Waals surface area contributed by atoms with Crippen LogP contribution in [0.25, 0.3) is 0 Å². The number of ketones is 1. The summed E-state index contributed by atoms with van der Waals surface area (Å²) in [7, 11) is 1.58. The van der Waals surface area contributed by atoms with Gasteiger partial charge >= 0.3 is 0 Å². The van der Waals surface area contributed by atoms with Gasteiger partial charge in [0, 0.05) is 35.2 Å². The number of ether oxygens (including phenoxy) is 1. The summed E-state index contributed by atoms with van der Waals surface area (Å²) in [5, 5.41) is 3.59. The van der Waals surface area contributed by atoms with Gasteiger partial charge in [0.15, 0.2) is 5.78 Å². The molecule has 1 saturated heterocycles. The molecule has 3 rings (SSSR count). The maximum Gasteiger partial charge on any atom is 0.251 e. The predicted octanol–water partition coefficient (Wildman–Crippen LogP) is 4.10. The van der Waals surface area contributed by atoms with E-state index in [2.05, 4.69) is 10.2 Å². The second kappa shape index (κ2) is 11.2. The van der Waals surface area contributed by atoms with Crippen molar-refractivity contribution in [2.75, 3.05) is 33.3 Å². The molecule has 0 atom stereocenters. The molecule has 2 aromatic carbocycles. The first-order valence-corrected chi connectivity index (χ1v) is 9.89. The molecule has 1 aliphatic rings. The average molecular weight is 437 g/mol. The molecule has 0 aromatic heterocycles. The van der Waals surface area contributed by atoms with Crippen LogP contribution in [0.1, 0.15) is 33.6 Å². The van der Waals surface area contributed by atoms with Crippen molar-refractivity contribution in [2.45, 2.75) is 12.8 Å². The van der Waals surface area contributed by atoms with Crippen molar-refractivity contribution in [3.63, 3.8) is 0 Å². The summed E-state index contributed by atoms with van der Waals surface area (Å²) in [6, 6.07) is 14.2. The number of carbonyl (C=O) groups is 2. The van der Waals surface area contributed by atoms with E-state index >= 15 is 0 Å². The Morgan fingerprint density at radius 3 is 2.45 bits per heavy atom. The van der Waals surface area contributed by atoms with Gasteiger partial charge in [0.05, 0.1) is 7.11 Å². The zero-order valence-electron chi connectivity index (χ0n) is 16.4. The van der Waals surface area contributed by atoms with E-state index in [-0.39, 0.29) is 30.0 Å². The minimum Gasteiger partial charge on any atom is -0.497 e. The number of carbonyl (C=O) groups excluding carboxylic acids is 2. The highest BCUT2D eigenvalue weighted by Gasteiger charge is 2.25. The number of amides is 1. The largest absolute Gasteiger partial charge is 0.497 e. The molecule has 0 bridgehead atoms. The first-order valence-electron chi connectivity index (χ1n) is 9.51. The van der Waals surface area contributed by atoms with Gasteiger partial charge in [-0.3, -0.25) is 9.59 Å². The molecule has 1 amide bonds. The Morgan fingerprint density at radius 1 is 1.10 bits per heavy atom. The van der Waals surface area contributed by atoms with Crippen molar-refractivity contribution in [3.05, 3.63) is 64.7 Å². The molecule has 1 N–H and O–H groups in total. The van der Waals surface area contributed by atoms with Gasteiger partial charge in [0.25, 0.3) is 5.91 Å². The van der Waals surface area contributed by atoms with Gasteiger partial charge in [-0.15, -0.1) is 12.4 Å². The summed E-state index contributed by atoms with van der Waals surface area (Å²) in [6.45, 7) is 3.07. The van der Waals surface area contributed by atoms with Gasteiger partial charge in [0.1, 0.15) is 5.75 Å². The van der Waals surface area contributed by atoms with E-state index in [0.29, 0.717) is 22.9 Å². The van der Waals surface area contributed by atoms with Crippen LogP contribution in [0.2, 0.25) is 5.02 Å². The smallest absolute Gasteiger partial charge is 0.251 e. The molecule has 1 heterocycles. The lowest BCUT2D eigenvalue weighted by Gasteiger charge is -2.31. The Bertz CT molecular complexity index is 819. The minimum absolute atomic E-state index is 0. The highest BCUT2D eigenvalue weighted by atomic mass is 35.5. The van der Waals surface area contributed by atoms with Gasteiger partial charge < -0.3 is 15.0 Å². The first-order chi connectivity index (χ1) is 13.6. The van der Waals surface area contributed by atoms with Crippen molar-refractivity contribution in [2.24, 2.45) is 5.92 Å². The highest BCUT2D eigenvalue weighted by Crippen LogP contribution is 2.22. The fraction of sp³-hybridized carbons (Fsp3) is 0.364. The fourth-order valence-electron chi connectivity index (χ4n) is 3.46. The normalized spacial score (nSPS) is 14.7. The van der Waals surface area contributed by atoms with Crippen molar-refractivity contribution >= 4 is 35.7 Å². The Labute approximate surface area is 182 Å². The van der Waals surface area contributed by atoms with Crippen LogP contribution < -0.4 is 10.1 Å². The zero-order chi connectivity index (χ0) is 19.9. The third kappa shape index (κ3) is 6.46. The van der Waals surface area contributed by atoms with E-state index in [1.165, 1.54) is 0 Å². The molecule has 0 spiro atoms. The summed E-state index contributed by atoms with van der Waals surface area (Å²) in [5.41, 5.74) is 1.32. The van der Waals surface area contributed by atoms with Crippen molar-refractivity contribution < 1.29 is 14.3 Å². The molecule has 0 saturated carbocycles. The summed E-state index contributed by atoms with van der Waals surface area (Å²) >= 11 is 5.89. The summed E-state index contributed by atoms with van der Waals surface area (Å²) in [6.07, 6.45) is 1.68. The van der Waals surface area contributed by atoms with Gasteiger partial charge in [0.2, 0.25) is 0 Å². The number of Topliss-reactive ketones (excluding diaryl/α,β-unsaturated/α-hetero) is 1. The monoisotopic (exact) mass is 436 g/mol. The minimum atomic E-state index is -0.105. The highest BCUT2D eigenvalue weighted by molar-refractivity contribution is 6.30. The number of halogens is 2. The van der Waals surface area contributed by atoms with Gasteiger partial charge in [-0.25, -0.2) is 0 Å². The van der Waals surface area contributed by atoms with Crippen LogP contribution in [0.4, 0.5) is 0 Å². The Balaban J connectivity index is 0.00000300. The fourth-order valence-corrected chi connectivity index (χ4v) is 3.59. The predicted molar refractivity (Wildman–Crippen MR) is 118 cm³/mol. The van der Waals surface area contributed by atoms with Crippen molar-refractivity contribution in [1.82, 2.24) is 10.2 Å². The standard InChI is InChI=1S/C22H25ClN2O3.ClH/c1-28-20-4-2-3-18(15-20)22(27)24-11-14-25-12-9-17(10-13-25)21(26)16-5-7-19(23)8-6-16;/h2-8,15,17H,9-14H2,1H3,(H,24,27);1H. The average Bonchev–Trinajstić information content (AvgIpc) is 2.74. The molecule has 156 valence electrons. The van der Waals surface area contributed by atoms with Crippen LogP contribution in [-0.2, 0) is 0 Å². The Morgan fingerprint density at radius 2 is 1.79 bits per heavy atom. The van der Waals surface area contributed by atoms with E-state index in [1.54, 1.807) is 49.6 Å². The van der Waals surface area contributed by atoms with Crippen molar-refractivity contribution in [1.29, 1.82) is 0 Å². The SMILES string of the molecule is COc1cccc(C(=O)NCCN2CCC(C(=O)c3ccc(Cl)cc3)CC2)c1.Cl. The molecular weight excluding hydrogens is 411 g/mol. The maximum atomic E-state index is 12.6. The molecule has 0 radical (unpaired) electrons. The van der Waals surface area contributed by atoms with Crippen LogP contribution in [0.3, 0.4) is 0 Å². The van der Waals surface area contributed by atoms with Crippen LogP contribution in [-0.4, -0.2) is 49.9 Å². The Hall–Kier alpha value is -2.08. The molecule has 5 nitrogen and oxygen atoms in total. The first kappa shape index (κ1) is 23.2. The van der Waals surface area contributed by atoms with E-state index in [4.69, 9.17) is 16.3 Å². The quantitative estimate of drug-likeness (QED) is 0.663. The van der Waals surface area contributed by atoms with Gasteiger partial charge in [-0.2, -0.15) is 0 Å². The topological polar surface area (TPSA) is 58.6 Å². The summed E-state index contributed by atoms with van der Waals surface area (Å²) in [4.78, 5) is 27.1. The van der Waals surface area contributed by atoms with Gasteiger partial charge in [-0.1, -0.05) is 17.7 Å². The molecule has 0 aliphatic carbocycles.